The third-order valence-electron chi connectivity index (χ3n) is 6.26. The first-order chi connectivity index (χ1) is 16.9. The lowest BCUT2D eigenvalue weighted by Gasteiger charge is -2.23. The van der Waals surface area contributed by atoms with Crippen molar-refractivity contribution in [1.29, 1.82) is 0 Å². The molecule has 5 rings (SSSR count). The number of carbonyl (C=O) groups excluding carboxylic acids is 1. The van der Waals surface area contributed by atoms with E-state index in [0.29, 0.717) is 41.0 Å². The molecule has 1 aromatic heterocycles. The van der Waals surface area contributed by atoms with Crippen molar-refractivity contribution in [2.24, 2.45) is 0 Å². The topological polar surface area (TPSA) is 47.4 Å². The smallest absolute Gasteiger partial charge is 0.250 e. The fraction of sp³-hybridized carbons (Fsp3) is 0.214. The number of hydrogen-bond donors (Lipinski definition) is 0. The Kier molecular flexibility index (Phi) is 6.17. The molecule has 1 fully saturated rings. The Morgan fingerprint density at radius 3 is 2.46 bits per heavy atom. The first kappa shape index (κ1) is 22.9. The Morgan fingerprint density at radius 2 is 1.74 bits per heavy atom. The van der Waals surface area contributed by atoms with Gasteiger partial charge in [-0.15, -0.1) is 0 Å². The zero-order chi connectivity index (χ0) is 24.5. The molecule has 0 bridgehead atoms. The monoisotopic (exact) mass is 473 g/mol. The van der Waals surface area contributed by atoms with E-state index in [9.17, 15) is 13.6 Å². The number of halogens is 2. The maximum atomic E-state index is 13.9. The Hall–Kier alpha value is -3.84. The maximum absolute atomic E-state index is 13.9. The van der Waals surface area contributed by atoms with Crippen LogP contribution in [0.25, 0.3) is 16.9 Å². The molecule has 0 radical (unpaired) electrons. The van der Waals surface area contributed by atoms with Gasteiger partial charge in [0.05, 0.1) is 5.69 Å². The van der Waals surface area contributed by atoms with E-state index < -0.39 is 6.23 Å². The Balaban J connectivity index is 1.52. The molecule has 1 atom stereocenters. The zero-order valence-electron chi connectivity index (χ0n) is 19.5. The molecule has 0 N–H and O–H groups in total. The lowest BCUT2D eigenvalue weighted by Crippen LogP contribution is -2.30. The quantitative estimate of drug-likeness (QED) is 0.370. The van der Waals surface area contributed by atoms with Crippen molar-refractivity contribution >= 4 is 5.91 Å². The number of ether oxygens (including phenoxy) is 1. The van der Waals surface area contributed by atoms with E-state index in [0.717, 1.165) is 5.56 Å². The van der Waals surface area contributed by atoms with E-state index in [2.05, 4.69) is 24.3 Å². The van der Waals surface area contributed by atoms with Crippen LogP contribution >= 0.6 is 0 Å². The number of carbonyl (C=O) groups is 1. The van der Waals surface area contributed by atoms with Gasteiger partial charge < -0.3 is 9.64 Å². The number of aromatic nitrogens is 2. The standard InChI is InChI=1S/C28H25F2N3O2/c1-18-3-5-20(6-4-18)13-14-32-26(34)17-35-28(32)24-16-33(23-11-12-25(30)19(2)15-23)31-27(24)21-7-9-22(29)10-8-21/h3-12,15-16,28H,13-14,17H2,1-2H3. The van der Waals surface area contributed by atoms with Crippen LogP contribution in [-0.2, 0) is 16.0 Å². The predicted molar refractivity (Wildman–Crippen MR) is 129 cm³/mol. The summed E-state index contributed by atoms with van der Waals surface area (Å²) in [5.41, 5.74) is 5.44. The summed E-state index contributed by atoms with van der Waals surface area (Å²) in [7, 11) is 0. The van der Waals surface area contributed by atoms with Gasteiger partial charge in [0.1, 0.15) is 23.9 Å². The van der Waals surface area contributed by atoms with Gasteiger partial charge >= 0.3 is 0 Å². The Morgan fingerprint density at radius 1 is 1.00 bits per heavy atom. The SMILES string of the molecule is Cc1ccc(CCN2C(=O)COC2c2cn(-c3ccc(F)c(C)c3)nc2-c2ccc(F)cc2)cc1. The summed E-state index contributed by atoms with van der Waals surface area (Å²) in [6.45, 7) is 4.18. The first-order valence-electron chi connectivity index (χ1n) is 11.5. The molecular formula is C28H25F2N3O2. The van der Waals surface area contributed by atoms with Gasteiger partial charge in [-0.1, -0.05) is 29.8 Å². The van der Waals surface area contributed by atoms with Crippen LogP contribution in [0.4, 0.5) is 8.78 Å². The third kappa shape index (κ3) is 4.72. The fourth-order valence-corrected chi connectivity index (χ4v) is 4.26. The summed E-state index contributed by atoms with van der Waals surface area (Å²) >= 11 is 0. The molecule has 2 heterocycles. The number of nitrogens with zero attached hydrogens (tertiary/aromatic N) is 3. The van der Waals surface area contributed by atoms with Gasteiger partial charge in [0.25, 0.3) is 5.91 Å². The molecular weight excluding hydrogens is 448 g/mol. The summed E-state index contributed by atoms with van der Waals surface area (Å²) in [6.07, 6.45) is 1.85. The molecule has 35 heavy (non-hydrogen) atoms. The van der Waals surface area contributed by atoms with Crippen LogP contribution in [0.1, 0.15) is 28.5 Å². The predicted octanol–water partition coefficient (Wildman–Crippen LogP) is 5.53. The van der Waals surface area contributed by atoms with Gasteiger partial charge in [-0.3, -0.25) is 4.79 Å². The Bertz CT molecular complexity index is 1360. The average molecular weight is 474 g/mol. The minimum Gasteiger partial charge on any atom is -0.344 e. The van der Waals surface area contributed by atoms with E-state index in [4.69, 9.17) is 9.84 Å². The van der Waals surface area contributed by atoms with E-state index in [1.54, 1.807) is 47.0 Å². The molecule has 0 saturated carbocycles. The molecule has 3 aromatic carbocycles. The van der Waals surface area contributed by atoms with Gasteiger partial charge in [-0.05, 0) is 73.9 Å². The summed E-state index contributed by atoms with van der Waals surface area (Å²) in [6, 6.07) is 19.0. The third-order valence-corrected chi connectivity index (χ3v) is 6.26. The van der Waals surface area contributed by atoms with Crippen molar-refractivity contribution in [1.82, 2.24) is 14.7 Å². The second-order valence-electron chi connectivity index (χ2n) is 8.80. The normalized spacial score (nSPS) is 15.7. The first-order valence-corrected chi connectivity index (χ1v) is 11.5. The van der Waals surface area contributed by atoms with Crippen molar-refractivity contribution in [3.05, 3.63) is 107 Å². The van der Waals surface area contributed by atoms with Gasteiger partial charge in [0.15, 0.2) is 6.23 Å². The lowest BCUT2D eigenvalue weighted by molar-refractivity contribution is -0.128. The molecule has 1 amide bonds. The largest absolute Gasteiger partial charge is 0.344 e. The van der Waals surface area contributed by atoms with Crippen LogP contribution in [0.5, 0.6) is 0 Å². The number of hydrogen-bond acceptors (Lipinski definition) is 3. The van der Waals surface area contributed by atoms with Crippen LogP contribution in [0.2, 0.25) is 0 Å². The van der Waals surface area contributed by atoms with E-state index >= 15 is 0 Å². The van der Waals surface area contributed by atoms with Crippen molar-refractivity contribution < 1.29 is 18.3 Å². The molecule has 178 valence electrons. The highest BCUT2D eigenvalue weighted by molar-refractivity contribution is 5.80. The molecule has 1 aliphatic heterocycles. The van der Waals surface area contributed by atoms with Crippen LogP contribution in [0.3, 0.4) is 0 Å². The molecule has 7 heteroatoms. The van der Waals surface area contributed by atoms with Gasteiger partial charge in [-0.2, -0.15) is 5.10 Å². The van der Waals surface area contributed by atoms with Gasteiger partial charge in [-0.25, -0.2) is 13.5 Å². The van der Waals surface area contributed by atoms with E-state index in [1.807, 2.05) is 6.92 Å². The fourth-order valence-electron chi connectivity index (χ4n) is 4.26. The van der Waals surface area contributed by atoms with Crippen molar-refractivity contribution in [2.75, 3.05) is 13.2 Å². The van der Waals surface area contributed by atoms with Gasteiger partial charge in [0.2, 0.25) is 0 Å². The van der Waals surface area contributed by atoms with Crippen molar-refractivity contribution in [3.8, 4) is 16.9 Å². The van der Waals surface area contributed by atoms with Crippen LogP contribution in [-0.4, -0.2) is 33.7 Å². The molecule has 0 aliphatic carbocycles. The van der Waals surface area contributed by atoms with Crippen molar-refractivity contribution in [3.63, 3.8) is 0 Å². The minimum absolute atomic E-state index is 0.0255. The second-order valence-corrected chi connectivity index (χ2v) is 8.80. The Labute approximate surface area is 202 Å². The van der Waals surface area contributed by atoms with E-state index in [-0.39, 0.29) is 24.1 Å². The summed E-state index contributed by atoms with van der Waals surface area (Å²) in [5.74, 6) is -0.750. The maximum Gasteiger partial charge on any atom is 0.250 e. The minimum atomic E-state index is -0.636. The zero-order valence-corrected chi connectivity index (χ0v) is 19.5. The molecule has 1 saturated heterocycles. The molecule has 1 aliphatic rings. The summed E-state index contributed by atoms with van der Waals surface area (Å²) in [5, 5.41) is 4.74. The number of rotatable bonds is 6. The molecule has 4 aromatic rings. The number of aryl methyl sites for hydroxylation is 2. The van der Waals surface area contributed by atoms with E-state index in [1.165, 1.54) is 23.8 Å². The lowest BCUT2D eigenvalue weighted by atomic mass is 10.1. The highest BCUT2D eigenvalue weighted by Gasteiger charge is 2.36. The number of benzene rings is 3. The van der Waals surface area contributed by atoms with Crippen LogP contribution < -0.4 is 0 Å². The van der Waals surface area contributed by atoms with Crippen LogP contribution in [0.15, 0.2) is 72.9 Å². The molecule has 1 unspecified atom stereocenters. The second kappa shape index (κ2) is 9.43. The average Bonchev–Trinajstić information content (AvgIpc) is 3.44. The highest BCUT2D eigenvalue weighted by Crippen LogP contribution is 2.35. The van der Waals surface area contributed by atoms with Crippen LogP contribution in [0, 0.1) is 25.5 Å². The van der Waals surface area contributed by atoms with Gasteiger partial charge in [0, 0.05) is 23.9 Å². The van der Waals surface area contributed by atoms with Crippen molar-refractivity contribution in [2.45, 2.75) is 26.5 Å². The molecule has 5 nitrogen and oxygen atoms in total. The highest BCUT2D eigenvalue weighted by atomic mass is 19.1. The number of amides is 1. The summed E-state index contributed by atoms with van der Waals surface area (Å²) < 4.78 is 35.1. The molecule has 0 spiro atoms. The summed E-state index contributed by atoms with van der Waals surface area (Å²) in [4.78, 5) is 14.5.